The third kappa shape index (κ3) is 4.01. The molecule has 0 aliphatic carbocycles. The number of ether oxygens (including phenoxy) is 1. The molecule has 29 heavy (non-hydrogen) atoms. The second-order valence-corrected chi connectivity index (χ2v) is 7.16. The van der Waals surface area contributed by atoms with Crippen molar-refractivity contribution in [3.05, 3.63) is 55.9 Å². The molecule has 0 bridgehead atoms. The van der Waals surface area contributed by atoms with Crippen LogP contribution in [0.2, 0.25) is 10.0 Å². The molecule has 11 heteroatoms. The van der Waals surface area contributed by atoms with Gasteiger partial charge in [0.2, 0.25) is 5.60 Å². The standard InChI is InChI=1S/C18H14Cl2FN3O5/c1-3-28-17(25)18(2)7-15(23-29-18)10-5-11(14(21)6-12(10)19)16-13(20)4-9(8-22-16)24(26)27/h4-6,8H,3,7H2,1-2H3. The molecule has 2 heterocycles. The van der Waals surface area contributed by atoms with E-state index in [1.807, 2.05) is 0 Å². The maximum Gasteiger partial charge on any atom is 0.353 e. The highest BCUT2D eigenvalue weighted by atomic mass is 35.5. The first kappa shape index (κ1) is 20.9. The predicted octanol–water partition coefficient (Wildman–Crippen LogP) is 4.55. The van der Waals surface area contributed by atoms with Gasteiger partial charge in [-0.25, -0.2) is 14.2 Å². The van der Waals surface area contributed by atoms with Crippen molar-refractivity contribution < 1.29 is 23.7 Å². The molecular weight excluding hydrogens is 428 g/mol. The molecule has 1 aliphatic rings. The lowest BCUT2D eigenvalue weighted by Gasteiger charge is -2.18. The Bertz CT molecular complexity index is 1050. The third-order valence-electron chi connectivity index (χ3n) is 4.23. The number of esters is 1. The summed E-state index contributed by atoms with van der Waals surface area (Å²) in [6, 6.07) is 3.48. The lowest BCUT2D eigenvalue weighted by atomic mass is 9.94. The minimum absolute atomic E-state index is 0.000327. The molecule has 8 nitrogen and oxygen atoms in total. The number of nitrogens with zero attached hydrogens (tertiary/aromatic N) is 3. The van der Waals surface area contributed by atoms with Crippen molar-refractivity contribution >= 4 is 40.6 Å². The monoisotopic (exact) mass is 441 g/mol. The van der Waals surface area contributed by atoms with Crippen molar-refractivity contribution in [3.63, 3.8) is 0 Å². The van der Waals surface area contributed by atoms with Crippen LogP contribution in [-0.2, 0) is 14.4 Å². The zero-order valence-electron chi connectivity index (χ0n) is 15.2. The maximum atomic E-state index is 14.6. The highest BCUT2D eigenvalue weighted by Gasteiger charge is 2.44. The van der Waals surface area contributed by atoms with Gasteiger partial charge in [-0.1, -0.05) is 28.4 Å². The largest absolute Gasteiger partial charge is 0.463 e. The van der Waals surface area contributed by atoms with Crippen molar-refractivity contribution in [2.75, 3.05) is 6.61 Å². The maximum absolute atomic E-state index is 14.6. The number of nitro groups is 1. The molecule has 1 atom stereocenters. The fourth-order valence-corrected chi connectivity index (χ4v) is 3.28. The summed E-state index contributed by atoms with van der Waals surface area (Å²) in [4.78, 5) is 31.5. The Morgan fingerprint density at radius 2 is 2.07 bits per heavy atom. The Balaban J connectivity index is 2.00. The minimum atomic E-state index is -1.33. The summed E-state index contributed by atoms with van der Waals surface area (Å²) in [5.41, 5.74) is -1.06. The van der Waals surface area contributed by atoms with Crippen LogP contribution in [0.25, 0.3) is 11.3 Å². The highest BCUT2D eigenvalue weighted by molar-refractivity contribution is 6.35. The van der Waals surface area contributed by atoms with E-state index < -0.39 is 22.3 Å². The number of halogens is 3. The van der Waals surface area contributed by atoms with Crippen molar-refractivity contribution in [3.8, 4) is 11.3 Å². The number of carbonyl (C=O) groups excluding carboxylic acids is 1. The number of carbonyl (C=O) groups is 1. The van der Waals surface area contributed by atoms with Crippen LogP contribution in [0.1, 0.15) is 25.8 Å². The molecule has 2 aromatic rings. The van der Waals surface area contributed by atoms with Crippen molar-refractivity contribution in [1.82, 2.24) is 4.98 Å². The second-order valence-electron chi connectivity index (χ2n) is 6.35. The number of hydrogen-bond donors (Lipinski definition) is 0. The molecule has 1 aliphatic heterocycles. The van der Waals surface area contributed by atoms with Crippen LogP contribution >= 0.6 is 23.2 Å². The third-order valence-corrected chi connectivity index (χ3v) is 4.83. The van der Waals surface area contributed by atoms with Gasteiger partial charge in [-0.3, -0.25) is 10.1 Å². The van der Waals surface area contributed by atoms with E-state index in [2.05, 4.69) is 10.1 Å². The summed E-state index contributed by atoms with van der Waals surface area (Å²) in [6.45, 7) is 3.37. The topological polar surface area (TPSA) is 104 Å². The molecule has 0 fully saturated rings. The van der Waals surface area contributed by atoms with Gasteiger partial charge in [-0.15, -0.1) is 0 Å². The molecule has 0 spiro atoms. The van der Waals surface area contributed by atoms with E-state index in [-0.39, 0.29) is 40.0 Å². The molecule has 0 saturated carbocycles. The minimum Gasteiger partial charge on any atom is -0.463 e. The zero-order valence-corrected chi connectivity index (χ0v) is 16.8. The summed E-state index contributed by atoms with van der Waals surface area (Å²) in [5.74, 6) is -1.31. The van der Waals surface area contributed by atoms with Gasteiger partial charge in [-0.2, -0.15) is 0 Å². The molecule has 1 aromatic carbocycles. The van der Waals surface area contributed by atoms with E-state index >= 15 is 0 Å². The molecule has 0 amide bonds. The number of aromatic nitrogens is 1. The average molecular weight is 442 g/mol. The zero-order chi connectivity index (χ0) is 21.3. The summed E-state index contributed by atoms with van der Waals surface area (Å²) >= 11 is 12.2. The van der Waals surface area contributed by atoms with Crippen molar-refractivity contribution in [2.45, 2.75) is 25.9 Å². The fourth-order valence-electron chi connectivity index (χ4n) is 2.75. The van der Waals surface area contributed by atoms with Crippen LogP contribution in [0.15, 0.2) is 29.6 Å². The van der Waals surface area contributed by atoms with Gasteiger partial charge in [0.15, 0.2) is 0 Å². The van der Waals surface area contributed by atoms with Crippen LogP contribution in [-0.4, -0.2) is 33.8 Å². The van der Waals surface area contributed by atoms with Crippen LogP contribution in [0.5, 0.6) is 0 Å². The Kier molecular flexibility index (Phi) is 5.72. The molecule has 152 valence electrons. The van der Waals surface area contributed by atoms with Crippen LogP contribution < -0.4 is 0 Å². The fraction of sp³-hybridized carbons (Fsp3) is 0.278. The number of rotatable bonds is 5. The number of pyridine rings is 1. The van der Waals surface area contributed by atoms with E-state index in [9.17, 15) is 19.3 Å². The van der Waals surface area contributed by atoms with Gasteiger partial charge in [0.05, 0.1) is 33.0 Å². The normalized spacial score (nSPS) is 18.2. The molecule has 0 saturated heterocycles. The lowest BCUT2D eigenvalue weighted by molar-refractivity contribution is -0.385. The quantitative estimate of drug-likeness (QED) is 0.382. The Morgan fingerprint density at radius 1 is 1.34 bits per heavy atom. The van der Waals surface area contributed by atoms with Crippen LogP contribution in [0.3, 0.4) is 0 Å². The first-order valence-corrected chi connectivity index (χ1v) is 9.14. The van der Waals surface area contributed by atoms with Crippen LogP contribution in [0, 0.1) is 15.9 Å². The Hall–Kier alpha value is -2.78. The summed E-state index contributed by atoms with van der Waals surface area (Å²) < 4.78 is 19.5. The molecule has 0 N–H and O–H groups in total. The van der Waals surface area contributed by atoms with Gasteiger partial charge in [-0.05, 0) is 26.0 Å². The molecular formula is C18H14Cl2FN3O5. The first-order valence-electron chi connectivity index (χ1n) is 8.38. The second kappa shape index (κ2) is 7.92. The van der Waals surface area contributed by atoms with E-state index in [0.717, 1.165) is 18.3 Å². The Morgan fingerprint density at radius 3 is 2.69 bits per heavy atom. The summed E-state index contributed by atoms with van der Waals surface area (Å²) in [6.07, 6.45) is 1.03. The summed E-state index contributed by atoms with van der Waals surface area (Å²) in [7, 11) is 0. The molecule has 1 aromatic heterocycles. The SMILES string of the molecule is CCOC(=O)C1(C)CC(c2cc(-c3ncc([N+](=O)[O-])cc3Cl)c(F)cc2Cl)=NO1. The van der Waals surface area contributed by atoms with Gasteiger partial charge in [0.1, 0.15) is 12.0 Å². The Labute approximate surface area is 174 Å². The van der Waals surface area contributed by atoms with Gasteiger partial charge in [0.25, 0.3) is 5.69 Å². The smallest absolute Gasteiger partial charge is 0.353 e. The van der Waals surface area contributed by atoms with Crippen LogP contribution in [0.4, 0.5) is 10.1 Å². The number of oxime groups is 1. The van der Waals surface area contributed by atoms with Gasteiger partial charge < -0.3 is 9.57 Å². The van der Waals surface area contributed by atoms with E-state index in [0.29, 0.717) is 11.3 Å². The lowest BCUT2D eigenvalue weighted by Crippen LogP contribution is -2.37. The van der Waals surface area contributed by atoms with E-state index in [1.165, 1.54) is 13.0 Å². The molecule has 1 unspecified atom stereocenters. The van der Waals surface area contributed by atoms with Gasteiger partial charge >= 0.3 is 5.97 Å². The predicted molar refractivity (Wildman–Crippen MR) is 104 cm³/mol. The molecule has 0 radical (unpaired) electrons. The van der Waals surface area contributed by atoms with Gasteiger partial charge in [0, 0.05) is 23.6 Å². The summed E-state index contributed by atoms with van der Waals surface area (Å²) in [5, 5.41) is 14.7. The first-order chi connectivity index (χ1) is 13.7. The highest BCUT2D eigenvalue weighted by Crippen LogP contribution is 2.36. The van der Waals surface area contributed by atoms with Crippen molar-refractivity contribution in [2.24, 2.45) is 5.16 Å². The number of hydrogen-bond acceptors (Lipinski definition) is 7. The van der Waals surface area contributed by atoms with E-state index in [1.54, 1.807) is 6.92 Å². The van der Waals surface area contributed by atoms with Crippen molar-refractivity contribution in [1.29, 1.82) is 0 Å². The molecule has 3 rings (SSSR count). The average Bonchev–Trinajstić information content (AvgIpc) is 3.06. The van der Waals surface area contributed by atoms with E-state index in [4.69, 9.17) is 32.8 Å². The number of benzene rings is 1.